The van der Waals surface area contributed by atoms with Crippen LogP contribution in [-0.2, 0) is 0 Å². The first-order valence-corrected chi connectivity index (χ1v) is 8.73. The zero-order valence-corrected chi connectivity index (χ0v) is 14.9. The number of hydrogen-bond donors (Lipinski definition) is 1. The lowest BCUT2D eigenvalue weighted by Crippen LogP contribution is -2.25. The molecule has 0 spiro atoms. The first-order valence-electron chi connectivity index (χ1n) is 8.73. The van der Waals surface area contributed by atoms with Crippen LogP contribution in [0.3, 0.4) is 0 Å². The molecule has 3 heteroatoms. The highest BCUT2D eigenvalue weighted by Gasteiger charge is 2.08. The third kappa shape index (κ3) is 4.87. The maximum absolute atomic E-state index is 5.44. The normalized spacial score (nSPS) is 12.6. The van der Waals surface area contributed by atoms with Gasteiger partial charge in [-0.25, -0.2) is 0 Å². The van der Waals surface area contributed by atoms with E-state index in [9.17, 15) is 0 Å². The molecule has 0 saturated heterocycles. The number of benzene rings is 2. The number of anilines is 1. The monoisotopic (exact) mass is 314 g/mol. The van der Waals surface area contributed by atoms with E-state index in [-0.39, 0.29) is 0 Å². The number of fused-ring (bicyclic) bond motifs is 1. The zero-order chi connectivity index (χ0) is 16.7. The number of methoxy groups -OCH3 is 1. The minimum atomic E-state index is 0.445. The third-order valence-electron chi connectivity index (χ3n) is 4.48. The quantitative estimate of drug-likeness (QED) is 0.721. The van der Waals surface area contributed by atoms with Gasteiger partial charge in [0.05, 0.1) is 7.11 Å². The molecule has 2 rings (SSSR count). The maximum atomic E-state index is 5.44. The van der Waals surface area contributed by atoms with Gasteiger partial charge in [-0.1, -0.05) is 38.1 Å². The molecule has 0 heterocycles. The molecule has 0 unspecified atom stereocenters. The highest BCUT2D eigenvalue weighted by Crippen LogP contribution is 2.30. The summed E-state index contributed by atoms with van der Waals surface area (Å²) in [6.45, 7) is 10.2. The largest absolute Gasteiger partial charge is 0.497 e. The Labute approximate surface area is 140 Å². The summed E-state index contributed by atoms with van der Waals surface area (Å²) < 4.78 is 5.44. The summed E-state index contributed by atoms with van der Waals surface area (Å²) in [6, 6.07) is 13.1. The maximum Gasteiger partial charge on any atom is 0.121 e. The highest BCUT2D eigenvalue weighted by molar-refractivity contribution is 5.95. The van der Waals surface area contributed by atoms with Crippen LogP contribution in [0, 0.1) is 0 Å². The van der Waals surface area contributed by atoms with Crippen LogP contribution in [-0.4, -0.2) is 37.7 Å². The van der Waals surface area contributed by atoms with E-state index in [1.807, 2.05) is 0 Å². The number of nitrogens with one attached hydrogen (secondary N) is 1. The van der Waals surface area contributed by atoms with Crippen LogP contribution in [0.2, 0.25) is 0 Å². The minimum absolute atomic E-state index is 0.445. The second-order valence-corrected chi connectivity index (χ2v) is 6.11. The topological polar surface area (TPSA) is 24.5 Å². The molecule has 23 heavy (non-hydrogen) atoms. The molecule has 0 aliphatic heterocycles. The number of ether oxygens (including phenoxy) is 1. The van der Waals surface area contributed by atoms with Gasteiger partial charge in [-0.2, -0.15) is 0 Å². The fraction of sp³-hybridized carbons (Fsp3) is 0.500. The standard InChI is InChI=1S/C20H30N2O/c1-5-22(6-2)13-9-10-16(3)21-20-15-18(23-4)14-17-11-7-8-12-19(17)20/h7-8,11-12,14-16,21H,5-6,9-10,13H2,1-4H3/t16-/m0/s1. The molecule has 2 aromatic rings. The molecule has 0 bridgehead atoms. The van der Waals surface area contributed by atoms with Crippen LogP contribution in [0.1, 0.15) is 33.6 Å². The van der Waals surface area contributed by atoms with Crippen LogP contribution in [0.15, 0.2) is 36.4 Å². The van der Waals surface area contributed by atoms with Crippen molar-refractivity contribution in [1.29, 1.82) is 0 Å². The zero-order valence-electron chi connectivity index (χ0n) is 14.9. The number of rotatable bonds is 9. The van der Waals surface area contributed by atoms with Gasteiger partial charge in [-0.15, -0.1) is 0 Å². The van der Waals surface area contributed by atoms with Crippen LogP contribution in [0.5, 0.6) is 5.75 Å². The average Bonchev–Trinajstić information content (AvgIpc) is 2.58. The lowest BCUT2D eigenvalue weighted by Gasteiger charge is -2.21. The Kier molecular flexibility index (Phi) is 6.72. The molecule has 0 radical (unpaired) electrons. The van der Waals surface area contributed by atoms with Gasteiger partial charge < -0.3 is 15.0 Å². The smallest absolute Gasteiger partial charge is 0.121 e. The van der Waals surface area contributed by atoms with Crippen molar-refractivity contribution in [2.45, 2.75) is 39.7 Å². The average molecular weight is 314 g/mol. The van der Waals surface area contributed by atoms with Crippen molar-refractivity contribution >= 4 is 16.5 Å². The second kappa shape index (κ2) is 8.78. The molecular formula is C20H30N2O. The minimum Gasteiger partial charge on any atom is -0.497 e. The van der Waals surface area contributed by atoms with Gasteiger partial charge in [0.25, 0.3) is 0 Å². The first-order chi connectivity index (χ1) is 11.2. The van der Waals surface area contributed by atoms with Gasteiger partial charge in [-0.05, 0) is 50.9 Å². The van der Waals surface area contributed by atoms with Crippen molar-refractivity contribution in [3.63, 3.8) is 0 Å². The molecule has 1 N–H and O–H groups in total. The van der Waals surface area contributed by atoms with E-state index in [0.717, 1.165) is 24.5 Å². The first kappa shape index (κ1) is 17.6. The van der Waals surface area contributed by atoms with E-state index in [4.69, 9.17) is 4.74 Å². The molecule has 3 nitrogen and oxygen atoms in total. The van der Waals surface area contributed by atoms with Crippen molar-refractivity contribution in [2.24, 2.45) is 0 Å². The van der Waals surface area contributed by atoms with E-state index in [1.165, 1.54) is 30.2 Å². The fourth-order valence-electron chi connectivity index (χ4n) is 3.02. The van der Waals surface area contributed by atoms with Crippen molar-refractivity contribution in [1.82, 2.24) is 4.90 Å². The van der Waals surface area contributed by atoms with Crippen LogP contribution in [0.4, 0.5) is 5.69 Å². The molecule has 0 aromatic heterocycles. The Balaban J connectivity index is 2.02. The molecular weight excluding hydrogens is 284 g/mol. The summed E-state index contributed by atoms with van der Waals surface area (Å²) in [4.78, 5) is 2.48. The number of nitrogens with zero attached hydrogens (tertiary/aromatic N) is 1. The van der Waals surface area contributed by atoms with E-state index in [1.54, 1.807) is 7.11 Å². The molecule has 0 fully saturated rings. The van der Waals surface area contributed by atoms with E-state index in [2.05, 4.69) is 67.4 Å². The Morgan fingerprint density at radius 2 is 1.87 bits per heavy atom. The molecule has 1 atom stereocenters. The molecule has 0 aliphatic carbocycles. The van der Waals surface area contributed by atoms with Crippen molar-refractivity contribution in [2.75, 3.05) is 32.1 Å². The van der Waals surface area contributed by atoms with Crippen LogP contribution < -0.4 is 10.1 Å². The fourth-order valence-corrected chi connectivity index (χ4v) is 3.02. The van der Waals surface area contributed by atoms with Gasteiger partial charge in [0.15, 0.2) is 0 Å². The van der Waals surface area contributed by atoms with E-state index in [0.29, 0.717) is 6.04 Å². The summed E-state index contributed by atoms with van der Waals surface area (Å²) in [5.41, 5.74) is 1.16. The van der Waals surface area contributed by atoms with E-state index >= 15 is 0 Å². The summed E-state index contributed by atoms with van der Waals surface area (Å²) in [7, 11) is 1.72. The van der Waals surface area contributed by atoms with Crippen molar-refractivity contribution in [3.8, 4) is 5.75 Å². The molecule has 0 amide bonds. The lowest BCUT2D eigenvalue weighted by molar-refractivity contribution is 0.295. The van der Waals surface area contributed by atoms with Crippen LogP contribution in [0.25, 0.3) is 10.8 Å². The SMILES string of the molecule is CCN(CC)CCC[C@H](C)Nc1cc(OC)cc2ccccc12. The Morgan fingerprint density at radius 3 is 2.57 bits per heavy atom. The van der Waals surface area contributed by atoms with Crippen molar-refractivity contribution in [3.05, 3.63) is 36.4 Å². The number of hydrogen-bond acceptors (Lipinski definition) is 3. The summed E-state index contributed by atoms with van der Waals surface area (Å²) in [5, 5.41) is 6.14. The third-order valence-corrected chi connectivity index (χ3v) is 4.48. The van der Waals surface area contributed by atoms with Gasteiger partial charge in [0, 0.05) is 23.2 Å². The van der Waals surface area contributed by atoms with Gasteiger partial charge in [-0.3, -0.25) is 0 Å². The predicted octanol–water partition coefficient (Wildman–Crippen LogP) is 4.77. The predicted molar refractivity (Wildman–Crippen MR) is 101 cm³/mol. The molecule has 126 valence electrons. The van der Waals surface area contributed by atoms with Gasteiger partial charge in [0.1, 0.15) is 5.75 Å². The molecule has 0 aliphatic rings. The van der Waals surface area contributed by atoms with Crippen LogP contribution >= 0.6 is 0 Å². The Hall–Kier alpha value is -1.74. The molecule has 2 aromatic carbocycles. The van der Waals surface area contributed by atoms with Gasteiger partial charge >= 0.3 is 0 Å². The summed E-state index contributed by atoms with van der Waals surface area (Å²) in [5.74, 6) is 0.904. The summed E-state index contributed by atoms with van der Waals surface area (Å²) in [6.07, 6.45) is 2.39. The van der Waals surface area contributed by atoms with Crippen molar-refractivity contribution < 1.29 is 4.74 Å². The second-order valence-electron chi connectivity index (χ2n) is 6.11. The lowest BCUT2D eigenvalue weighted by atomic mass is 10.1. The Morgan fingerprint density at radius 1 is 1.13 bits per heavy atom. The van der Waals surface area contributed by atoms with E-state index < -0.39 is 0 Å². The highest BCUT2D eigenvalue weighted by atomic mass is 16.5. The Bertz CT molecular complexity index is 608. The van der Waals surface area contributed by atoms with Gasteiger partial charge in [0.2, 0.25) is 0 Å². The summed E-state index contributed by atoms with van der Waals surface area (Å²) >= 11 is 0. The molecule has 0 saturated carbocycles.